The summed E-state index contributed by atoms with van der Waals surface area (Å²) < 4.78 is 0. The van der Waals surface area contributed by atoms with Crippen LogP contribution in [-0.4, -0.2) is 28.2 Å². The molecule has 0 aromatic rings. The van der Waals surface area contributed by atoms with E-state index in [0.29, 0.717) is 24.2 Å². The molecule has 7 atom stereocenters. The van der Waals surface area contributed by atoms with Crippen LogP contribution in [0.25, 0.3) is 0 Å². The standard InChI is InChI=1S/C19H28O3/c1-18-8-7-14-12(13(18)5-6-17(18)22)4-3-11-9-15(20)16(21)10-19(11,14)2/h9,12-14,16-17,21-22H,3-8,10H2,1-2H3/t12-,13-,14-,16+,17-,18-,19-/m1/s1. The van der Waals surface area contributed by atoms with Crippen molar-refractivity contribution >= 4 is 5.78 Å². The van der Waals surface area contributed by atoms with Crippen LogP contribution in [0.5, 0.6) is 0 Å². The number of carbonyl (C=O) groups is 1. The van der Waals surface area contributed by atoms with Gasteiger partial charge in [0.15, 0.2) is 5.78 Å². The average molecular weight is 304 g/mol. The minimum Gasteiger partial charge on any atom is -0.393 e. The van der Waals surface area contributed by atoms with Crippen molar-refractivity contribution in [3.8, 4) is 0 Å². The Morgan fingerprint density at radius 1 is 1.09 bits per heavy atom. The summed E-state index contributed by atoms with van der Waals surface area (Å²) in [5.41, 5.74) is 1.37. The first-order valence-electron chi connectivity index (χ1n) is 8.97. The van der Waals surface area contributed by atoms with Gasteiger partial charge in [-0.05, 0) is 79.6 Å². The zero-order valence-electron chi connectivity index (χ0n) is 13.7. The second-order valence-corrected chi connectivity index (χ2v) is 8.76. The van der Waals surface area contributed by atoms with Crippen LogP contribution in [0.4, 0.5) is 0 Å². The maximum absolute atomic E-state index is 11.9. The van der Waals surface area contributed by atoms with Crippen molar-refractivity contribution < 1.29 is 15.0 Å². The predicted molar refractivity (Wildman–Crippen MR) is 84.1 cm³/mol. The van der Waals surface area contributed by atoms with Gasteiger partial charge in [-0.1, -0.05) is 19.4 Å². The zero-order valence-corrected chi connectivity index (χ0v) is 13.7. The fourth-order valence-corrected chi connectivity index (χ4v) is 6.59. The lowest BCUT2D eigenvalue weighted by molar-refractivity contribution is -0.128. The van der Waals surface area contributed by atoms with Gasteiger partial charge in [0.1, 0.15) is 6.10 Å². The van der Waals surface area contributed by atoms with Crippen molar-refractivity contribution in [2.75, 3.05) is 0 Å². The summed E-state index contributed by atoms with van der Waals surface area (Å²) in [4.78, 5) is 11.9. The molecular weight excluding hydrogens is 276 g/mol. The molecule has 3 nitrogen and oxygen atoms in total. The summed E-state index contributed by atoms with van der Waals surface area (Å²) >= 11 is 0. The van der Waals surface area contributed by atoms with Gasteiger partial charge in [-0.15, -0.1) is 0 Å². The molecule has 0 aliphatic heterocycles. The normalized spacial score (nSPS) is 54.3. The van der Waals surface area contributed by atoms with E-state index in [9.17, 15) is 15.0 Å². The fourth-order valence-electron chi connectivity index (χ4n) is 6.59. The molecule has 3 heteroatoms. The Balaban J connectivity index is 1.70. The molecule has 0 amide bonds. The number of ketones is 1. The Hall–Kier alpha value is -0.670. The maximum Gasteiger partial charge on any atom is 0.184 e. The number of allylic oxidation sites excluding steroid dienone is 1. The Bertz CT molecular complexity index is 539. The third kappa shape index (κ3) is 1.78. The fraction of sp³-hybridized carbons (Fsp3) is 0.842. The van der Waals surface area contributed by atoms with E-state index in [1.165, 1.54) is 5.57 Å². The molecule has 0 aromatic carbocycles. The molecule has 0 spiro atoms. The van der Waals surface area contributed by atoms with E-state index in [-0.39, 0.29) is 22.7 Å². The third-order valence-corrected chi connectivity index (χ3v) is 7.95. The predicted octanol–water partition coefficient (Wildman–Crippen LogP) is 2.85. The van der Waals surface area contributed by atoms with Crippen molar-refractivity contribution in [2.45, 2.75) is 71.0 Å². The van der Waals surface area contributed by atoms with E-state index >= 15 is 0 Å². The van der Waals surface area contributed by atoms with Gasteiger partial charge in [0.25, 0.3) is 0 Å². The molecular formula is C19H28O3. The molecule has 0 bridgehead atoms. The maximum atomic E-state index is 11.9. The summed E-state index contributed by atoms with van der Waals surface area (Å²) in [6.45, 7) is 4.57. The zero-order chi connectivity index (χ0) is 15.7. The summed E-state index contributed by atoms with van der Waals surface area (Å²) in [6, 6.07) is 0. The summed E-state index contributed by atoms with van der Waals surface area (Å²) in [5, 5.41) is 20.6. The monoisotopic (exact) mass is 304 g/mol. The van der Waals surface area contributed by atoms with Gasteiger partial charge in [0.05, 0.1) is 6.10 Å². The SMILES string of the molecule is C[C@@]12CC[C@@H]3[C@H](CCC4=CC(=O)[C@@H](O)C[C@]43C)[C@H]1CC[C@H]2O. The van der Waals surface area contributed by atoms with Gasteiger partial charge in [-0.2, -0.15) is 0 Å². The highest BCUT2D eigenvalue weighted by molar-refractivity contribution is 5.95. The first-order chi connectivity index (χ1) is 10.4. The molecule has 0 aromatic heterocycles. The Labute approximate surface area is 132 Å². The Kier molecular flexibility index (Phi) is 3.16. The van der Waals surface area contributed by atoms with Crippen LogP contribution in [0.15, 0.2) is 11.6 Å². The number of rotatable bonds is 0. The largest absolute Gasteiger partial charge is 0.393 e. The van der Waals surface area contributed by atoms with Gasteiger partial charge in [0, 0.05) is 0 Å². The second kappa shape index (κ2) is 4.67. The van der Waals surface area contributed by atoms with Crippen molar-refractivity contribution in [3.63, 3.8) is 0 Å². The van der Waals surface area contributed by atoms with Crippen LogP contribution in [0.1, 0.15) is 58.8 Å². The molecule has 2 N–H and O–H groups in total. The Morgan fingerprint density at radius 2 is 1.86 bits per heavy atom. The van der Waals surface area contributed by atoms with E-state index in [1.54, 1.807) is 6.08 Å². The van der Waals surface area contributed by atoms with E-state index in [0.717, 1.165) is 38.5 Å². The van der Waals surface area contributed by atoms with Crippen LogP contribution in [0.3, 0.4) is 0 Å². The van der Waals surface area contributed by atoms with Crippen LogP contribution in [0, 0.1) is 28.6 Å². The molecule has 0 unspecified atom stereocenters. The van der Waals surface area contributed by atoms with Gasteiger partial charge in [-0.25, -0.2) is 0 Å². The molecule has 3 saturated carbocycles. The lowest BCUT2D eigenvalue weighted by Gasteiger charge is -2.58. The number of aliphatic hydroxyl groups is 2. The molecule has 3 fully saturated rings. The highest BCUT2D eigenvalue weighted by Gasteiger charge is 2.59. The van der Waals surface area contributed by atoms with Crippen molar-refractivity contribution in [1.29, 1.82) is 0 Å². The van der Waals surface area contributed by atoms with Crippen LogP contribution in [0.2, 0.25) is 0 Å². The van der Waals surface area contributed by atoms with Gasteiger partial charge >= 0.3 is 0 Å². The van der Waals surface area contributed by atoms with Crippen molar-refractivity contribution in [2.24, 2.45) is 28.6 Å². The van der Waals surface area contributed by atoms with Crippen molar-refractivity contribution in [1.82, 2.24) is 0 Å². The first kappa shape index (κ1) is 14.9. The molecule has 4 aliphatic rings. The lowest BCUT2D eigenvalue weighted by Crippen LogP contribution is -2.52. The molecule has 122 valence electrons. The summed E-state index contributed by atoms with van der Waals surface area (Å²) in [6.07, 6.45) is 7.88. The van der Waals surface area contributed by atoms with E-state index in [4.69, 9.17) is 0 Å². The molecule has 4 aliphatic carbocycles. The van der Waals surface area contributed by atoms with E-state index < -0.39 is 6.10 Å². The van der Waals surface area contributed by atoms with Gasteiger partial charge in [-0.3, -0.25) is 4.79 Å². The molecule has 0 heterocycles. The second-order valence-electron chi connectivity index (χ2n) is 8.76. The molecule has 22 heavy (non-hydrogen) atoms. The van der Waals surface area contributed by atoms with Crippen molar-refractivity contribution in [3.05, 3.63) is 11.6 Å². The third-order valence-electron chi connectivity index (χ3n) is 7.95. The van der Waals surface area contributed by atoms with Crippen LogP contribution >= 0.6 is 0 Å². The number of fused-ring (bicyclic) bond motifs is 5. The number of aliphatic hydroxyl groups excluding tert-OH is 2. The van der Waals surface area contributed by atoms with Gasteiger partial charge in [0.2, 0.25) is 0 Å². The Morgan fingerprint density at radius 3 is 2.64 bits per heavy atom. The minimum atomic E-state index is -0.810. The summed E-state index contributed by atoms with van der Waals surface area (Å²) in [7, 11) is 0. The van der Waals surface area contributed by atoms with E-state index in [1.807, 2.05) is 0 Å². The first-order valence-corrected chi connectivity index (χ1v) is 8.97. The minimum absolute atomic E-state index is 0.00881. The highest BCUT2D eigenvalue weighted by Crippen LogP contribution is 2.65. The van der Waals surface area contributed by atoms with Crippen LogP contribution in [-0.2, 0) is 4.79 Å². The summed E-state index contributed by atoms with van der Waals surface area (Å²) in [5.74, 6) is 1.74. The number of hydrogen-bond donors (Lipinski definition) is 2. The van der Waals surface area contributed by atoms with E-state index in [2.05, 4.69) is 13.8 Å². The molecule has 4 rings (SSSR count). The lowest BCUT2D eigenvalue weighted by atomic mass is 9.47. The number of hydrogen-bond acceptors (Lipinski definition) is 3. The molecule has 0 radical (unpaired) electrons. The highest BCUT2D eigenvalue weighted by atomic mass is 16.3. The smallest absolute Gasteiger partial charge is 0.184 e. The average Bonchev–Trinajstić information content (AvgIpc) is 2.77. The topological polar surface area (TPSA) is 57.5 Å². The quantitative estimate of drug-likeness (QED) is 0.723. The van der Waals surface area contributed by atoms with Gasteiger partial charge < -0.3 is 10.2 Å². The van der Waals surface area contributed by atoms with Crippen LogP contribution < -0.4 is 0 Å². The molecule has 0 saturated heterocycles. The number of carbonyl (C=O) groups excluding carboxylic acids is 1.